The van der Waals surface area contributed by atoms with Crippen LogP contribution in [0.1, 0.15) is 56.2 Å². The van der Waals surface area contributed by atoms with E-state index in [4.69, 9.17) is 18.6 Å². The van der Waals surface area contributed by atoms with Crippen LogP contribution in [0.3, 0.4) is 0 Å². The summed E-state index contributed by atoms with van der Waals surface area (Å²) in [5.41, 5.74) is 0.281. The number of rotatable bonds is 11. The number of hydrogen-bond donors (Lipinski definition) is 1. The first-order chi connectivity index (χ1) is 18.9. The topological polar surface area (TPSA) is 107 Å². The number of ether oxygens (including phenoxy) is 3. The van der Waals surface area contributed by atoms with Gasteiger partial charge < -0.3 is 23.9 Å². The lowest BCUT2D eigenvalue weighted by Crippen LogP contribution is -2.43. The molecular formula is C29H31FN2O7. The van der Waals surface area contributed by atoms with E-state index in [9.17, 15) is 18.8 Å². The Morgan fingerprint density at radius 1 is 1.05 bits per heavy atom. The summed E-state index contributed by atoms with van der Waals surface area (Å²) in [7, 11) is 0. The number of fused-ring (bicyclic) bond motifs is 2. The molecule has 5 rings (SSSR count). The number of imide groups is 1. The van der Waals surface area contributed by atoms with E-state index in [1.807, 2.05) is 13.8 Å². The van der Waals surface area contributed by atoms with E-state index in [0.29, 0.717) is 71.6 Å². The highest BCUT2D eigenvalue weighted by atomic mass is 19.1. The Morgan fingerprint density at radius 2 is 1.87 bits per heavy atom. The zero-order chi connectivity index (χ0) is 27.6. The summed E-state index contributed by atoms with van der Waals surface area (Å²) in [5.74, 6) is 1.44. The van der Waals surface area contributed by atoms with Gasteiger partial charge in [0.25, 0.3) is 5.91 Å². The average molecular weight is 539 g/mol. The average Bonchev–Trinajstić information content (AvgIpc) is 3.51. The standard InChI is InChI=1S/C29H31FN2O7/c1-3-7-21-22(11-9-20-18(16-30)14-25(33)39-26(20)21)36-13-6-5-12-32-27(34)29(4-2,31-28(32)35)19-8-10-23-24(15-19)38-17-37-23/h8-11,14-15H,3-7,12-13,16-17H2,1-2H3,(H,31,35). The molecular weight excluding hydrogens is 507 g/mol. The lowest BCUT2D eigenvalue weighted by molar-refractivity contribution is -0.131. The van der Waals surface area contributed by atoms with Crippen molar-refractivity contribution in [2.45, 2.75) is 58.2 Å². The molecule has 39 heavy (non-hydrogen) atoms. The van der Waals surface area contributed by atoms with Crippen LogP contribution in [0.4, 0.5) is 9.18 Å². The van der Waals surface area contributed by atoms with Gasteiger partial charge >= 0.3 is 11.7 Å². The maximum atomic E-state index is 13.5. The van der Waals surface area contributed by atoms with Crippen molar-refractivity contribution >= 4 is 22.9 Å². The highest BCUT2D eigenvalue weighted by Crippen LogP contribution is 2.39. The van der Waals surface area contributed by atoms with Crippen LogP contribution in [0.25, 0.3) is 11.0 Å². The molecule has 1 saturated heterocycles. The fraction of sp³-hybridized carbons (Fsp3) is 0.414. The quantitative estimate of drug-likeness (QED) is 0.209. The third kappa shape index (κ3) is 4.79. The molecule has 2 aliphatic rings. The molecule has 1 aromatic heterocycles. The zero-order valence-corrected chi connectivity index (χ0v) is 22.0. The Bertz CT molecular complexity index is 1470. The van der Waals surface area contributed by atoms with Gasteiger partial charge in [-0.25, -0.2) is 14.0 Å². The lowest BCUT2D eigenvalue weighted by Gasteiger charge is -2.26. The number of unbranched alkanes of at least 4 members (excludes halogenated alkanes) is 1. The Labute approximate surface area is 224 Å². The Balaban J connectivity index is 1.23. The van der Waals surface area contributed by atoms with E-state index < -0.39 is 23.9 Å². The van der Waals surface area contributed by atoms with Crippen molar-refractivity contribution in [1.29, 1.82) is 0 Å². The minimum Gasteiger partial charge on any atom is -0.493 e. The van der Waals surface area contributed by atoms with Gasteiger partial charge in [-0.05, 0) is 55.5 Å². The molecule has 3 amide bonds. The molecule has 0 spiro atoms. The molecule has 0 bridgehead atoms. The normalized spacial score (nSPS) is 18.2. The van der Waals surface area contributed by atoms with Gasteiger partial charge in [-0.3, -0.25) is 9.69 Å². The molecule has 206 valence electrons. The lowest BCUT2D eigenvalue weighted by atomic mass is 9.87. The second kappa shape index (κ2) is 11.0. The second-order valence-corrected chi connectivity index (χ2v) is 9.66. The SMILES string of the molecule is CCCc1c(OCCCCN2C(=O)NC(CC)(c3ccc4c(c3)OCO4)C2=O)ccc2c(CF)cc(=O)oc12. The highest BCUT2D eigenvalue weighted by Gasteiger charge is 2.51. The second-order valence-electron chi connectivity index (χ2n) is 9.66. The van der Waals surface area contributed by atoms with Crippen molar-refractivity contribution in [1.82, 2.24) is 10.2 Å². The van der Waals surface area contributed by atoms with Crippen LogP contribution in [-0.4, -0.2) is 36.8 Å². The molecule has 3 aromatic rings. The van der Waals surface area contributed by atoms with E-state index >= 15 is 0 Å². The van der Waals surface area contributed by atoms with Crippen molar-refractivity contribution in [2.75, 3.05) is 19.9 Å². The smallest absolute Gasteiger partial charge is 0.336 e. The number of carbonyl (C=O) groups excluding carboxylic acids is 2. The highest BCUT2D eigenvalue weighted by molar-refractivity contribution is 6.07. The summed E-state index contributed by atoms with van der Waals surface area (Å²) in [6, 6.07) is 9.49. The number of hydrogen-bond acceptors (Lipinski definition) is 7. The van der Waals surface area contributed by atoms with Crippen LogP contribution >= 0.6 is 0 Å². The first kappa shape index (κ1) is 26.5. The van der Waals surface area contributed by atoms with Crippen LogP contribution in [0.15, 0.2) is 45.6 Å². The predicted molar refractivity (Wildman–Crippen MR) is 141 cm³/mol. The Morgan fingerprint density at radius 3 is 2.64 bits per heavy atom. The minimum absolute atomic E-state index is 0.124. The van der Waals surface area contributed by atoms with Gasteiger partial charge in [-0.15, -0.1) is 0 Å². The van der Waals surface area contributed by atoms with E-state index in [1.165, 1.54) is 11.0 Å². The maximum absolute atomic E-state index is 13.5. The monoisotopic (exact) mass is 538 g/mol. The van der Waals surface area contributed by atoms with E-state index in [1.54, 1.807) is 30.3 Å². The number of aryl methyl sites for hydroxylation is 1. The summed E-state index contributed by atoms with van der Waals surface area (Å²) in [4.78, 5) is 39.5. The van der Waals surface area contributed by atoms with E-state index in [0.717, 1.165) is 12.0 Å². The molecule has 1 atom stereocenters. The number of carbonyl (C=O) groups is 2. The van der Waals surface area contributed by atoms with Crippen molar-refractivity contribution in [3.05, 3.63) is 63.5 Å². The molecule has 0 saturated carbocycles. The molecule has 1 N–H and O–H groups in total. The van der Waals surface area contributed by atoms with E-state index in [-0.39, 0.29) is 19.2 Å². The summed E-state index contributed by atoms with van der Waals surface area (Å²) in [6.45, 7) is 3.80. The largest absolute Gasteiger partial charge is 0.493 e. The summed E-state index contributed by atoms with van der Waals surface area (Å²) >= 11 is 0. The van der Waals surface area contributed by atoms with Crippen molar-refractivity contribution in [3.63, 3.8) is 0 Å². The number of alkyl halides is 1. The minimum atomic E-state index is -1.16. The first-order valence-corrected chi connectivity index (χ1v) is 13.2. The maximum Gasteiger partial charge on any atom is 0.336 e. The third-order valence-electron chi connectivity index (χ3n) is 7.31. The molecule has 1 fully saturated rings. The molecule has 0 aliphatic carbocycles. The fourth-order valence-electron chi connectivity index (χ4n) is 5.25. The molecule has 0 radical (unpaired) electrons. The van der Waals surface area contributed by atoms with Gasteiger partial charge in [0.2, 0.25) is 6.79 Å². The van der Waals surface area contributed by atoms with Crippen molar-refractivity contribution in [3.8, 4) is 17.2 Å². The third-order valence-corrected chi connectivity index (χ3v) is 7.31. The molecule has 2 aromatic carbocycles. The molecule has 2 aliphatic heterocycles. The van der Waals surface area contributed by atoms with Crippen LogP contribution < -0.4 is 25.2 Å². The number of amides is 3. The van der Waals surface area contributed by atoms with Gasteiger partial charge in [-0.2, -0.15) is 0 Å². The van der Waals surface area contributed by atoms with Gasteiger partial charge in [-0.1, -0.05) is 26.3 Å². The van der Waals surface area contributed by atoms with Gasteiger partial charge in [0.15, 0.2) is 11.5 Å². The Kier molecular flexibility index (Phi) is 7.45. The number of nitrogens with one attached hydrogen (secondary N) is 1. The van der Waals surface area contributed by atoms with Crippen LogP contribution in [0.2, 0.25) is 0 Å². The zero-order valence-electron chi connectivity index (χ0n) is 22.0. The first-order valence-electron chi connectivity index (χ1n) is 13.2. The van der Waals surface area contributed by atoms with Gasteiger partial charge in [0.05, 0.1) is 6.61 Å². The number of urea groups is 1. The fourth-order valence-corrected chi connectivity index (χ4v) is 5.25. The van der Waals surface area contributed by atoms with Gasteiger partial charge in [0, 0.05) is 29.1 Å². The van der Waals surface area contributed by atoms with Crippen molar-refractivity contribution in [2.24, 2.45) is 0 Å². The summed E-state index contributed by atoms with van der Waals surface area (Å²) in [6.07, 6.45) is 2.90. The number of nitrogens with zero attached hydrogens (tertiary/aromatic N) is 1. The van der Waals surface area contributed by atoms with Crippen LogP contribution in [0, 0.1) is 0 Å². The molecule has 3 heterocycles. The van der Waals surface area contributed by atoms with Gasteiger partial charge in [0.1, 0.15) is 23.5 Å². The number of halogens is 1. The Hall–Kier alpha value is -4.08. The molecule has 1 unspecified atom stereocenters. The number of benzene rings is 2. The molecule has 10 heteroatoms. The van der Waals surface area contributed by atoms with Crippen LogP contribution in [-0.2, 0) is 23.4 Å². The summed E-state index contributed by atoms with van der Waals surface area (Å²) < 4.78 is 35.7. The predicted octanol–water partition coefficient (Wildman–Crippen LogP) is 4.96. The molecule has 9 nitrogen and oxygen atoms in total. The van der Waals surface area contributed by atoms with Crippen molar-refractivity contribution < 1.29 is 32.6 Å². The van der Waals surface area contributed by atoms with E-state index in [2.05, 4.69) is 5.32 Å². The van der Waals surface area contributed by atoms with Crippen LogP contribution in [0.5, 0.6) is 17.2 Å². The summed E-state index contributed by atoms with van der Waals surface area (Å²) in [5, 5.41) is 3.45.